The minimum atomic E-state index is -0.125. The number of rotatable bonds is 3. The molecule has 5 nitrogen and oxygen atoms in total. The molecule has 0 aliphatic heterocycles. The number of furan rings is 1. The Morgan fingerprint density at radius 1 is 0.976 bits per heavy atom. The molecule has 0 bridgehead atoms. The van der Waals surface area contributed by atoms with Crippen LogP contribution in [0.5, 0.6) is 0 Å². The first-order valence-corrected chi connectivity index (χ1v) is 13.9. The normalized spacial score (nSPS) is 11.8. The van der Waals surface area contributed by atoms with E-state index >= 15 is 0 Å². The Hall–Kier alpha value is -3.64. The summed E-state index contributed by atoms with van der Waals surface area (Å²) in [6.07, 6.45) is 1.17. The minimum absolute atomic E-state index is 0. The zero-order chi connectivity index (χ0) is 28.6. The van der Waals surface area contributed by atoms with Crippen molar-refractivity contribution in [3.05, 3.63) is 95.9 Å². The summed E-state index contributed by atoms with van der Waals surface area (Å²) < 4.78 is 6.17. The number of aliphatic hydroxyl groups excluding tert-OH is 1. The molecule has 4 heterocycles. The fourth-order valence-corrected chi connectivity index (χ4v) is 5.57. The predicted octanol–water partition coefficient (Wildman–Crippen LogP) is 9.37. The molecule has 0 unspecified atom stereocenters. The van der Waals surface area contributed by atoms with E-state index in [0.717, 1.165) is 43.5 Å². The summed E-state index contributed by atoms with van der Waals surface area (Å²) in [5, 5.41) is 11.6. The fourth-order valence-electron chi connectivity index (χ4n) is 4.53. The molecule has 1 radical (unpaired) electrons. The first-order chi connectivity index (χ1) is 19.0. The van der Waals surface area contributed by atoms with Gasteiger partial charge in [-0.2, -0.15) is 0 Å². The van der Waals surface area contributed by atoms with Crippen molar-refractivity contribution in [1.82, 2.24) is 9.97 Å². The number of aliphatic hydroxyl groups is 1. The average Bonchev–Trinajstić information content (AvgIpc) is 3.48. The maximum absolute atomic E-state index is 10.0. The van der Waals surface area contributed by atoms with Crippen molar-refractivity contribution in [3.8, 4) is 21.7 Å². The van der Waals surface area contributed by atoms with Gasteiger partial charge in [-0.25, -0.2) is 4.98 Å². The molecule has 2 aromatic carbocycles. The molecule has 0 fully saturated rings. The molecular weight excluding hydrogens is 709 g/mol. The largest absolute Gasteiger partial charge is 0.512 e. The van der Waals surface area contributed by atoms with Crippen molar-refractivity contribution in [3.63, 3.8) is 0 Å². The molecule has 0 spiro atoms. The number of ketones is 1. The van der Waals surface area contributed by atoms with Gasteiger partial charge >= 0.3 is 0 Å². The molecule has 211 valence electrons. The molecule has 6 aromatic rings. The first-order valence-electron chi connectivity index (χ1n) is 13.1. The molecule has 4 aromatic heterocycles. The number of allylic oxidation sites excluding steroid dienone is 2. The third kappa shape index (κ3) is 6.65. The third-order valence-electron chi connectivity index (χ3n) is 6.52. The van der Waals surface area contributed by atoms with Gasteiger partial charge in [0.2, 0.25) is 5.71 Å². The van der Waals surface area contributed by atoms with Crippen LogP contribution < -0.4 is 0 Å². The number of fused-ring (bicyclic) bond motifs is 4. The van der Waals surface area contributed by atoms with Crippen molar-refractivity contribution in [2.24, 2.45) is 0 Å². The standard InChI is InChI=1S/C29H23N2OS.C5H8O2.Ir/c1-17-8-14-22-21-6-5-7-23(26(21)32-27(22)30-17)24-15-11-19-16-25(33-28(19)31-24)18-9-12-20(13-10-18)29(2,3)4;1-4(6)3-5(2)7;/h5-6,8-16H,1-4H3;3,6H,1-2H3;/q-1;;/b;4-3-;. The van der Waals surface area contributed by atoms with E-state index in [1.807, 2.05) is 25.1 Å². The van der Waals surface area contributed by atoms with Gasteiger partial charge < -0.3 is 9.52 Å². The van der Waals surface area contributed by atoms with Crippen LogP contribution in [0.1, 0.15) is 45.9 Å². The Kier molecular flexibility index (Phi) is 8.93. The second-order valence-electron chi connectivity index (χ2n) is 10.9. The number of aromatic nitrogens is 2. The Labute approximate surface area is 257 Å². The molecule has 6 rings (SSSR count). The number of pyridine rings is 2. The monoisotopic (exact) mass is 740 g/mol. The number of hydrogen-bond acceptors (Lipinski definition) is 6. The van der Waals surface area contributed by atoms with Crippen LogP contribution in [-0.4, -0.2) is 20.9 Å². The summed E-state index contributed by atoms with van der Waals surface area (Å²) in [6, 6.07) is 26.7. The Balaban J connectivity index is 0.000000434. The smallest absolute Gasteiger partial charge is 0.216 e. The number of thiophene rings is 1. The molecular formula is C34H31IrN2O3S-. The molecule has 7 heteroatoms. The zero-order valence-electron chi connectivity index (χ0n) is 23.8. The van der Waals surface area contributed by atoms with E-state index in [-0.39, 0.29) is 37.1 Å². The summed E-state index contributed by atoms with van der Waals surface area (Å²) in [5.74, 6) is -0.0625. The topological polar surface area (TPSA) is 76.2 Å². The number of carbonyl (C=O) groups is 1. The summed E-state index contributed by atoms with van der Waals surface area (Å²) in [4.78, 5) is 21.8. The molecule has 0 saturated heterocycles. The van der Waals surface area contributed by atoms with E-state index in [1.165, 1.54) is 35.9 Å². The van der Waals surface area contributed by atoms with Crippen LogP contribution in [0.25, 0.3) is 54.0 Å². The quantitative estimate of drug-likeness (QED) is 0.111. The number of carbonyl (C=O) groups excluding carboxylic acids is 1. The van der Waals surface area contributed by atoms with Gasteiger partial charge in [0.1, 0.15) is 4.83 Å². The van der Waals surface area contributed by atoms with Crippen molar-refractivity contribution >= 4 is 49.4 Å². The van der Waals surface area contributed by atoms with Crippen molar-refractivity contribution in [1.29, 1.82) is 0 Å². The predicted molar refractivity (Wildman–Crippen MR) is 165 cm³/mol. The van der Waals surface area contributed by atoms with E-state index in [2.05, 4.69) is 80.4 Å². The van der Waals surface area contributed by atoms with Gasteiger partial charge in [-0.15, -0.1) is 29.5 Å². The fraction of sp³-hybridized carbons (Fsp3) is 0.206. The van der Waals surface area contributed by atoms with Gasteiger partial charge in [-0.1, -0.05) is 68.1 Å². The summed E-state index contributed by atoms with van der Waals surface area (Å²) >= 11 is 1.72. The van der Waals surface area contributed by atoms with Crippen molar-refractivity contribution in [2.75, 3.05) is 0 Å². The number of aryl methyl sites for hydroxylation is 1. The van der Waals surface area contributed by atoms with Crippen molar-refractivity contribution < 1.29 is 34.4 Å². The number of hydrogen-bond donors (Lipinski definition) is 1. The zero-order valence-corrected chi connectivity index (χ0v) is 27.0. The number of benzene rings is 2. The van der Waals surface area contributed by atoms with E-state index in [9.17, 15) is 4.79 Å². The minimum Gasteiger partial charge on any atom is -0.512 e. The van der Waals surface area contributed by atoms with Crippen LogP contribution in [0.4, 0.5) is 0 Å². The van der Waals surface area contributed by atoms with Gasteiger partial charge in [0.15, 0.2) is 5.78 Å². The van der Waals surface area contributed by atoms with E-state index < -0.39 is 0 Å². The van der Waals surface area contributed by atoms with E-state index in [0.29, 0.717) is 5.71 Å². The van der Waals surface area contributed by atoms with Crippen molar-refractivity contribution in [2.45, 2.75) is 47.0 Å². The van der Waals surface area contributed by atoms with E-state index in [1.54, 1.807) is 11.3 Å². The first kappa shape index (κ1) is 30.3. The molecule has 0 aliphatic rings. The SMILES string of the molecule is CC(=O)/C=C(/C)O.Cc1ccc2c(n1)oc1c(-c3ccc4cc(-c5ccc(C(C)(C)C)cc5)sc4n3)[c-]ccc12.[Ir]. The van der Waals surface area contributed by atoms with Gasteiger partial charge in [0.25, 0.3) is 0 Å². The Morgan fingerprint density at radius 2 is 1.71 bits per heavy atom. The van der Waals surface area contributed by atoms with Gasteiger partial charge in [-0.3, -0.25) is 9.78 Å². The Bertz CT molecular complexity index is 1890. The summed E-state index contributed by atoms with van der Waals surface area (Å²) in [7, 11) is 0. The van der Waals surface area contributed by atoms with Gasteiger partial charge in [-0.05, 0) is 61.2 Å². The third-order valence-corrected chi connectivity index (χ3v) is 7.62. The molecule has 0 aliphatic carbocycles. The maximum atomic E-state index is 10.0. The van der Waals surface area contributed by atoms with Gasteiger partial charge in [0, 0.05) is 47.5 Å². The summed E-state index contributed by atoms with van der Waals surface area (Å²) in [6.45, 7) is 11.5. The average molecular weight is 740 g/mol. The van der Waals surface area contributed by atoms with Crippen LogP contribution in [0, 0.1) is 13.0 Å². The molecule has 0 atom stereocenters. The number of nitrogens with zero attached hydrogens (tertiary/aromatic N) is 2. The second-order valence-corrected chi connectivity index (χ2v) is 12.0. The molecule has 1 N–H and O–H groups in total. The second kappa shape index (κ2) is 12.1. The summed E-state index contributed by atoms with van der Waals surface area (Å²) in [5.41, 5.74) is 6.82. The molecule has 0 amide bonds. The van der Waals surface area contributed by atoms with Crippen LogP contribution in [0.3, 0.4) is 0 Å². The molecule has 0 saturated carbocycles. The van der Waals surface area contributed by atoms with Crippen LogP contribution in [-0.2, 0) is 30.3 Å². The van der Waals surface area contributed by atoms with Crippen LogP contribution in [0.2, 0.25) is 0 Å². The maximum Gasteiger partial charge on any atom is 0.216 e. The van der Waals surface area contributed by atoms with E-state index in [4.69, 9.17) is 14.5 Å². The van der Waals surface area contributed by atoms with Gasteiger partial charge in [0.05, 0.1) is 11.3 Å². The molecule has 41 heavy (non-hydrogen) atoms. The Morgan fingerprint density at radius 3 is 2.34 bits per heavy atom. The van der Waals surface area contributed by atoms with Crippen LogP contribution in [0.15, 0.2) is 83.0 Å². The van der Waals surface area contributed by atoms with Crippen LogP contribution >= 0.6 is 11.3 Å².